The summed E-state index contributed by atoms with van der Waals surface area (Å²) in [5.74, 6) is 1.57. The Morgan fingerprint density at radius 2 is 0.507 bits per heavy atom. The Hall–Kier alpha value is -8.40. The average molecular weight is 917 g/mol. The SMILES string of the molecule is Cc1ccc(-c2ccc3c(c2)c2cc(-c4ccc(C)cc4C)ccc2n3-c2ccc(Oc3ccc(-n4c5ccc(-c6ccc(C)cc6C)cc5c5cc(-c6ccc(C)cc6C)ccc54)cc3)cc2)c(C)c1. The van der Waals surface area contributed by atoms with Gasteiger partial charge < -0.3 is 13.9 Å². The molecule has 2 aromatic heterocycles. The van der Waals surface area contributed by atoms with E-state index in [0.717, 1.165) is 22.9 Å². The van der Waals surface area contributed by atoms with Gasteiger partial charge in [-0.3, -0.25) is 0 Å². The second kappa shape index (κ2) is 17.2. The molecule has 344 valence electrons. The van der Waals surface area contributed by atoms with Crippen LogP contribution in [0.25, 0.3) is 99.5 Å². The zero-order valence-corrected chi connectivity index (χ0v) is 41.8. The predicted octanol–water partition coefficient (Wildman–Crippen LogP) is 18.8. The Labute approximate surface area is 416 Å². The number of hydrogen-bond acceptors (Lipinski definition) is 1. The Morgan fingerprint density at radius 3 is 0.746 bits per heavy atom. The third-order valence-electron chi connectivity index (χ3n) is 14.7. The lowest BCUT2D eigenvalue weighted by atomic mass is 9.95. The van der Waals surface area contributed by atoms with Crippen molar-refractivity contribution in [1.29, 1.82) is 0 Å². The lowest BCUT2D eigenvalue weighted by molar-refractivity contribution is 0.482. The van der Waals surface area contributed by atoms with Crippen LogP contribution in [0.3, 0.4) is 0 Å². The number of aromatic nitrogens is 2. The van der Waals surface area contributed by atoms with Crippen LogP contribution in [0.2, 0.25) is 0 Å². The van der Waals surface area contributed by atoms with Gasteiger partial charge in [0, 0.05) is 32.9 Å². The fraction of sp³-hybridized carbons (Fsp3) is 0.118. The van der Waals surface area contributed by atoms with E-state index in [1.54, 1.807) is 0 Å². The smallest absolute Gasteiger partial charge is 0.127 e. The lowest BCUT2D eigenvalue weighted by Gasteiger charge is -2.13. The number of fused-ring (bicyclic) bond motifs is 6. The first-order valence-corrected chi connectivity index (χ1v) is 24.8. The van der Waals surface area contributed by atoms with Gasteiger partial charge in [0.2, 0.25) is 0 Å². The highest BCUT2D eigenvalue weighted by molar-refractivity contribution is 6.13. The Morgan fingerprint density at radius 1 is 0.254 bits per heavy atom. The molecule has 71 heavy (non-hydrogen) atoms. The van der Waals surface area contributed by atoms with Crippen LogP contribution in [0, 0.1) is 55.4 Å². The molecule has 0 saturated heterocycles. The molecule has 0 fully saturated rings. The van der Waals surface area contributed by atoms with Crippen LogP contribution in [0.5, 0.6) is 11.5 Å². The third-order valence-corrected chi connectivity index (χ3v) is 14.7. The fourth-order valence-corrected chi connectivity index (χ4v) is 11.3. The van der Waals surface area contributed by atoms with Gasteiger partial charge in [0.15, 0.2) is 0 Å². The molecule has 12 rings (SSSR count). The van der Waals surface area contributed by atoms with Gasteiger partial charge in [-0.2, -0.15) is 0 Å². The Balaban J connectivity index is 0.894. The first-order chi connectivity index (χ1) is 34.4. The summed E-state index contributed by atoms with van der Waals surface area (Å²) in [5.41, 5.74) is 27.0. The molecule has 0 spiro atoms. The standard InChI is InChI=1S/C68H56N2O/c1-41-9-25-57(45(5)33-41)49-13-29-65-61(37-49)62-38-50(58-26-10-42(2)34-46(58)6)14-30-66(62)69(65)53-17-21-55(22-18-53)71-56-23-19-54(20-24-56)70-67-31-15-51(59-27-11-43(3)35-47(59)7)39-63(67)64-40-52(16-32-68(64)70)60-28-12-44(4)36-48(60)8/h9-40H,1-8H3. The molecule has 3 heteroatoms. The van der Waals surface area contributed by atoms with Crippen molar-refractivity contribution in [3.8, 4) is 67.4 Å². The monoisotopic (exact) mass is 916 g/mol. The molecule has 0 N–H and O–H groups in total. The summed E-state index contributed by atoms with van der Waals surface area (Å²) in [7, 11) is 0. The van der Waals surface area contributed by atoms with Crippen molar-refractivity contribution in [3.63, 3.8) is 0 Å². The van der Waals surface area contributed by atoms with E-state index in [1.165, 1.54) is 133 Å². The Kier molecular flexibility index (Phi) is 10.6. The van der Waals surface area contributed by atoms with Crippen LogP contribution in [0.15, 0.2) is 194 Å². The number of rotatable bonds is 8. The maximum absolute atomic E-state index is 6.59. The average Bonchev–Trinajstić information content (AvgIpc) is 3.86. The number of nitrogens with zero attached hydrogens (tertiary/aromatic N) is 2. The predicted molar refractivity (Wildman–Crippen MR) is 301 cm³/mol. The first-order valence-electron chi connectivity index (χ1n) is 24.8. The van der Waals surface area contributed by atoms with Crippen LogP contribution in [0.4, 0.5) is 0 Å². The van der Waals surface area contributed by atoms with Gasteiger partial charge in [-0.25, -0.2) is 0 Å². The molecule has 0 unspecified atom stereocenters. The van der Waals surface area contributed by atoms with Crippen molar-refractivity contribution in [1.82, 2.24) is 9.13 Å². The van der Waals surface area contributed by atoms with Crippen molar-refractivity contribution >= 4 is 43.6 Å². The molecule has 0 amide bonds. The summed E-state index contributed by atoms with van der Waals surface area (Å²) in [6.45, 7) is 17.5. The van der Waals surface area contributed by atoms with E-state index in [-0.39, 0.29) is 0 Å². The third kappa shape index (κ3) is 7.79. The molecule has 0 aliphatic rings. The zero-order chi connectivity index (χ0) is 48.7. The van der Waals surface area contributed by atoms with E-state index >= 15 is 0 Å². The Bertz CT molecular complexity index is 3600. The number of hydrogen-bond donors (Lipinski definition) is 0. The lowest BCUT2D eigenvalue weighted by Crippen LogP contribution is -1.95. The summed E-state index contributed by atoms with van der Waals surface area (Å²) in [6, 6.07) is 71.8. The summed E-state index contributed by atoms with van der Waals surface area (Å²) in [5, 5.41) is 4.93. The molecule has 0 aliphatic heterocycles. The molecule has 0 saturated carbocycles. The van der Waals surface area contributed by atoms with Crippen LogP contribution < -0.4 is 4.74 Å². The van der Waals surface area contributed by atoms with Gasteiger partial charge in [0.25, 0.3) is 0 Å². The molecular formula is C68H56N2O. The molecule has 2 heterocycles. The van der Waals surface area contributed by atoms with Gasteiger partial charge in [-0.1, -0.05) is 119 Å². The van der Waals surface area contributed by atoms with Gasteiger partial charge >= 0.3 is 0 Å². The zero-order valence-electron chi connectivity index (χ0n) is 41.8. The van der Waals surface area contributed by atoms with E-state index in [1.807, 2.05) is 0 Å². The topological polar surface area (TPSA) is 19.1 Å². The minimum absolute atomic E-state index is 0.784. The summed E-state index contributed by atoms with van der Waals surface area (Å²) in [6.07, 6.45) is 0. The first kappa shape index (κ1) is 43.9. The van der Waals surface area contributed by atoms with Gasteiger partial charge in [0.05, 0.1) is 22.1 Å². The highest BCUT2D eigenvalue weighted by atomic mass is 16.5. The van der Waals surface area contributed by atoms with Crippen LogP contribution >= 0.6 is 0 Å². The summed E-state index contributed by atoms with van der Waals surface area (Å²) in [4.78, 5) is 0. The number of aryl methyl sites for hydroxylation is 8. The van der Waals surface area contributed by atoms with Crippen molar-refractivity contribution < 1.29 is 4.74 Å². The molecule has 3 nitrogen and oxygen atoms in total. The van der Waals surface area contributed by atoms with Crippen LogP contribution in [0.1, 0.15) is 44.5 Å². The molecule has 0 radical (unpaired) electrons. The minimum atomic E-state index is 0.784. The van der Waals surface area contributed by atoms with Crippen molar-refractivity contribution in [2.75, 3.05) is 0 Å². The molecule has 0 aliphatic carbocycles. The molecule has 12 aromatic rings. The minimum Gasteiger partial charge on any atom is -0.457 e. The van der Waals surface area contributed by atoms with E-state index in [2.05, 4.69) is 259 Å². The van der Waals surface area contributed by atoms with Crippen LogP contribution in [-0.2, 0) is 0 Å². The van der Waals surface area contributed by atoms with E-state index < -0.39 is 0 Å². The van der Waals surface area contributed by atoms with E-state index in [9.17, 15) is 0 Å². The van der Waals surface area contributed by atoms with Gasteiger partial charge in [-0.15, -0.1) is 0 Å². The maximum atomic E-state index is 6.59. The molecule has 0 bridgehead atoms. The molecular weight excluding hydrogens is 861 g/mol. The van der Waals surface area contributed by atoms with E-state index in [4.69, 9.17) is 4.74 Å². The molecule has 10 aromatic carbocycles. The second-order valence-electron chi connectivity index (χ2n) is 20.0. The normalized spacial score (nSPS) is 11.7. The second-order valence-corrected chi connectivity index (χ2v) is 20.0. The highest BCUT2D eigenvalue weighted by Crippen LogP contribution is 2.41. The van der Waals surface area contributed by atoms with Crippen LogP contribution in [-0.4, -0.2) is 9.13 Å². The van der Waals surface area contributed by atoms with Crippen molar-refractivity contribution in [3.05, 3.63) is 239 Å². The van der Waals surface area contributed by atoms with Gasteiger partial charge in [0.1, 0.15) is 11.5 Å². The van der Waals surface area contributed by atoms with Crippen molar-refractivity contribution in [2.45, 2.75) is 55.4 Å². The highest BCUT2D eigenvalue weighted by Gasteiger charge is 2.19. The van der Waals surface area contributed by atoms with E-state index in [0.29, 0.717) is 0 Å². The summed E-state index contributed by atoms with van der Waals surface area (Å²) < 4.78 is 11.4. The van der Waals surface area contributed by atoms with Gasteiger partial charge in [-0.05, 0) is 219 Å². The largest absolute Gasteiger partial charge is 0.457 e. The quantitative estimate of drug-likeness (QED) is 0.149. The number of benzene rings is 10. The van der Waals surface area contributed by atoms with Crippen molar-refractivity contribution in [2.24, 2.45) is 0 Å². The summed E-state index contributed by atoms with van der Waals surface area (Å²) >= 11 is 0. The molecule has 0 atom stereocenters. The number of ether oxygens (including phenoxy) is 1. The maximum Gasteiger partial charge on any atom is 0.127 e. The fourth-order valence-electron chi connectivity index (χ4n) is 11.3.